The number of halogens is 1. The molecule has 2 heterocycles. The second-order valence-corrected chi connectivity index (χ2v) is 4.69. The van der Waals surface area contributed by atoms with Gasteiger partial charge in [0, 0.05) is 6.20 Å². The van der Waals surface area contributed by atoms with Crippen molar-refractivity contribution in [1.82, 2.24) is 14.8 Å². The molecule has 0 radical (unpaired) electrons. The van der Waals surface area contributed by atoms with Gasteiger partial charge in [-0.1, -0.05) is 41.9 Å². The van der Waals surface area contributed by atoms with Gasteiger partial charge in [-0.2, -0.15) is 5.10 Å². The predicted molar refractivity (Wildman–Crippen MR) is 75.0 cm³/mol. The third-order valence-corrected chi connectivity index (χ3v) is 3.41. The summed E-state index contributed by atoms with van der Waals surface area (Å²) in [7, 11) is 0. The third-order valence-electron chi connectivity index (χ3n) is 3.01. The zero-order valence-corrected chi connectivity index (χ0v) is 11.1. The lowest BCUT2D eigenvalue weighted by Crippen LogP contribution is -2.04. The Balaban J connectivity index is 2.06. The number of fused-ring (bicyclic) bond motifs is 1. The Bertz CT molecular complexity index is 784. The van der Waals surface area contributed by atoms with Crippen molar-refractivity contribution in [3.63, 3.8) is 0 Å². The van der Waals surface area contributed by atoms with Crippen LogP contribution in [-0.4, -0.2) is 25.8 Å². The molecule has 0 amide bonds. The van der Waals surface area contributed by atoms with Crippen molar-refractivity contribution < 1.29 is 9.90 Å². The number of carboxylic acid groups (broad SMARTS) is 1. The van der Waals surface area contributed by atoms with Crippen LogP contribution in [0.1, 0.15) is 15.9 Å². The molecule has 0 atom stereocenters. The maximum absolute atomic E-state index is 11.0. The van der Waals surface area contributed by atoms with Gasteiger partial charge >= 0.3 is 5.97 Å². The monoisotopic (exact) mass is 287 g/mol. The minimum absolute atomic E-state index is 0.0153. The van der Waals surface area contributed by atoms with Crippen LogP contribution in [0.15, 0.2) is 42.7 Å². The lowest BCUT2D eigenvalue weighted by atomic mass is 10.2. The SMILES string of the molecule is O=C(O)c1cnc2c(cnn2Cc2ccccc2)c1Cl. The van der Waals surface area contributed by atoms with E-state index in [1.165, 1.54) is 6.20 Å². The van der Waals surface area contributed by atoms with Gasteiger partial charge in [0.1, 0.15) is 0 Å². The molecule has 3 aromatic rings. The summed E-state index contributed by atoms with van der Waals surface area (Å²) in [6.45, 7) is 0.556. The highest BCUT2D eigenvalue weighted by Gasteiger charge is 2.15. The van der Waals surface area contributed by atoms with Crippen molar-refractivity contribution in [2.75, 3.05) is 0 Å². The lowest BCUT2D eigenvalue weighted by Gasteiger charge is -2.04. The molecule has 0 saturated heterocycles. The fraction of sp³-hybridized carbons (Fsp3) is 0.0714. The van der Waals surface area contributed by atoms with Gasteiger partial charge < -0.3 is 5.11 Å². The van der Waals surface area contributed by atoms with Crippen LogP contribution in [-0.2, 0) is 6.54 Å². The molecule has 0 unspecified atom stereocenters. The Morgan fingerprint density at radius 2 is 2.00 bits per heavy atom. The Labute approximate surface area is 119 Å². The van der Waals surface area contributed by atoms with Gasteiger partial charge in [-0.05, 0) is 5.56 Å². The molecule has 0 fully saturated rings. The van der Waals surface area contributed by atoms with Crippen LogP contribution in [0.25, 0.3) is 11.0 Å². The van der Waals surface area contributed by atoms with Gasteiger partial charge in [0.25, 0.3) is 0 Å². The first kappa shape index (κ1) is 12.6. The number of rotatable bonds is 3. The van der Waals surface area contributed by atoms with Crippen LogP contribution < -0.4 is 0 Å². The first-order valence-electron chi connectivity index (χ1n) is 5.94. The molecule has 0 bridgehead atoms. The Kier molecular flexibility index (Phi) is 3.12. The molecule has 3 rings (SSSR count). The van der Waals surface area contributed by atoms with Crippen LogP contribution in [0.5, 0.6) is 0 Å². The molecule has 1 aromatic carbocycles. The highest BCUT2D eigenvalue weighted by Crippen LogP contribution is 2.25. The maximum atomic E-state index is 11.0. The fourth-order valence-corrected chi connectivity index (χ4v) is 2.28. The van der Waals surface area contributed by atoms with E-state index in [0.717, 1.165) is 5.56 Å². The highest BCUT2D eigenvalue weighted by molar-refractivity contribution is 6.37. The highest BCUT2D eigenvalue weighted by atomic mass is 35.5. The molecular weight excluding hydrogens is 278 g/mol. The normalized spacial score (nSPS) is 10.8. The van der Waals surface area contributed by atoms with Gasteiger partial charge in [-0.3, -0.25) is 0 Å². The summed E-state index contributed by atoms with van der Waals surface area (Å²) < 4.78 is 1.70. The van der Waals surface area contributed by atoms with Crippen molar-refractivity contribution >= 4 is 28.6 Å². The third kappa shape index (κ3) is 2.12. The molecule has 0 aliphatic carbocycles. The molecule has 2 aromatic heterocycles. The van der Waals surface area contributed by atoms with Crippen LogP contribution in [0.3, 0.4) is 0 Å². The van der Waals surface area contributed by atoms with Gasteiger partial charge in [0.15, 0.2) is 5.65 Å². The van der Waals surface area contributed by atoms with E-state index in [1.54, 1.807) is 10.9 Å². The van der Waals surface area contributed by atoms with Crippen molar-refractivity contribution in [2.45, 2.75) is 6.54 Å². The number of carbonyl (C=O) groups is 1. The van der Waals surface area contributed by atoms with Crippen molar-refractivity contribution in [2.24, 2.45) is 0 Å². The molecular formula is C14H10ClN3O2. The van der Waals surface area contributed by atoms with Crippen molar-refractivity contribution in [1.29, 1.82) is 0 Å². The van der Waals surface area contributed by atoms with E-state index in [4.69, 9.17) is 16.7 Å². The van der Waals surface area contributed by atoms with Crippen LogP contribution >= 0.6 is 11.6 Å². The van der Waals surface area contributed by atoms with Gasteiger partial charge in [0.05, 0.1) is 28.7 Å². The van der Waals surface area contributed by atoms with Crippen molar-refractivity contribution in [3.8, 4) is 0 Å². The molecule has 6 heteroatoms. The number of hydrogen-bond acceptors (Lipinski definition) is 3. The van der Waals surface area contributed by atoms with E-state index in [2.05, 4.69) is 10.1 Å². The summed E-state index contributed by atoms with van der Waals surface area (Å²) in [5.74, 6) is -1.10. The maximum Gasteiger partial charge on any atom is 0.338 e. The smallest absolute Gasteiger partial charge is 0.338 e. The summed E-state index contributed by atoms with van der Waals surface area (Å²) in [6.07, 6.45) is 2.80. The Morgan fingerprint density at radius 3 is 2.70 bits per heavy atom. The minimum atomic E-state index is -1.10. The number of carboxylic acids is 1. The Morgan fingerprint density at radius 1 is 1.25 bits per heavy atom. The lowest BCUT2D eigenvalue weighted by molar-refractivity contribution is 0.0697. The number of aromatic carboxylic acids is 1. The molecule has 0 aliphatic heterocycles. The summed E-state index contributed by atoms with van der Waals surface area (Å²) in [6, 6.07) is 9.81. The first-order valence-corrected chi connectivity index (χ1v) is 6.32. The number of pyridine rings is 1. The molecule has 0 aliphatic rings. The van der Waals surface area contributed by atoms with E-state index in [9.17, 15) is 4.79 Å². The van der Waals surface area contributed by atoms with Gasteiger partial charge in [-0.25, -0.2) is 14.5 Å². The molecule has 100 valence electrons. The summed E-state index contributed by atoms with van der Waals surface area (Å²) in [4.78, 5) is 15.2. The number of aromatic nitrogens is 3. The summed E-state index contributed by atoms with van der Waals surface area (Å²) in [5, 5.41) is 14.0. The average Bonchev–Trinajstić information content (AvgIpc) is 2.84. The quantitative estimate of drug-likeness (QED) is 0.804. The van der Waals surface area contributed by atoms with E-state index >= 15 is 0 Å². The van der Waals surface area contributed by atoms with Crippen LogP contribution in [0, 0.1) is 0 Å². The molecule has 0 saturated carbocycles. The van der Waals surface area contributed by atoms with Crippen LogP contribution in [0.4, 0.5) is 0 Å². The minimum Gasteiger partial charge on any atom is -0.478 e. The zero-order chi connectivity index (χ0) is 14.1. The molecule has 1 N–H and O–H groups in total. The molecule has 5 nitrogen and oxygen atoms in total. The van der Waals surface area contributed by atoms with Crippen LogP contribution in [0.2, 0.25) is 5.02 Å². The fourth-order valence-electron chi connectivity index (χ4n) is 2.02. The zero-order valence-electron chi connectivity index (χ0n) is 10.3. The topological polar surface area (TPSA) is 68.0 Å². The number of hydrogen-bond donors (Lipinski definition) is 1. The number of benzene rings is 1. The summed E-state index contributed by atoms with van der Waals surface area (Å²) >= 11 is 6.08. The average molecular weight is 288 g/mol. The van der Waals surface area contributed by atoms with Gasteiger partial charge in [0.2, 0.25) is 0 Å². The molecule has 0 spiro atoms. The second-order valence-electron chi connectivity index (χ2n) is 4.32. The second kappa shape index (κ2) is 4.94. The predicted octanol–water partition coefficient (Wildman–Crippen LogP) is 2.83. The largest absolute Gasteiger partial charge is 0.478 e. The van der Waals surface area contributed by atoms with E-state index < -0.39 is 5.97 Å². The van der Waals surface area contributed by atoms with E-state index in [-0.39, 0.29) is 10.6 Å². The molecule has 20 heavy (non-hydrogen) atoms. The van der Waals surface area contributed by atoms with Crippen molar-refractivity contribution in [3.05, 3.63) is 58.9 Å². The standard InChI is InChI=1S/C14H10ClN3O2/c15-12-10-7-17-18(8-9-4-2-1-3-5-9)13(10)16-6-11(12)14(19)20/h1-7H,8H2,(H,19,20). The van der Waals surface area contributed by atoms with Gasteiger partial charge in [-0.15, -0.1) is 0 Å². The van der Waals surface area contributed by atoms with E-state index in [1.807, 2.05) is 30.3 Å². The Hall–Kier alpha value is -2.40. The summed E-state index contributed by atoms with van der Waals surface area (Å²) in [5.41, 5.74) is 1.64. The van der Waals surface area contributed by atoms with E-state index in [0.29, 0.717) is 17.6 Å². The number of nitrogens with zero attached hydrogens (tertiary/aromatic N) is 3. The first-order chi connectivity index (χ1) is 9.66.